The summed E-state index contributed by atoms with van der Waals surface area (Å²) in [5.41, 5.74) is 2.03. The molecule has 2 aromatic rings. The molecule has 1 aromatic carbocycles. The maximum atomic E-state index is 11.8. The van der Waals surface area contributed by atoms with Crippen LogP contribution in [-0.2, 0) is 11.0 Å². The molecule has 4 heteroatoms. The normalized spacial score (nSPS) is 12.8. The predicted molar refractivity (Wildman–Crippen MR) is 69.4 cm³/mol. The lowest BCUT2D eigenvalue weighted by Crippen LogP contribution is -1.89. The van der Waals surface area contributed by atoms with Gasteiger partial charge in [-0.15, -0.1) is 0 Å². The number of benzene rings is 1. The van der Waals surface area contributed by atoms with Gasteiger partial charge in [0.15, 0.2) is 11.0 Å². The summed E-state index contributed by atoms with van der Waals surface area (Å²) in [6.45, 7) is 1.99. The molecule has 0 saturated carbocycles. The second kappa shape index (κ2) is 5.50. The van der Waals surface area contributed by atoms with Crippen LogP contribution >= 0.6 is 0 Å². The Balaban J connectivity index is 2.12. The molecule has 1 aromatic heterocycles. The summed E-state index contributed by atoms with van der Waals surface area (Å²) < 4.78 is 15.8. The molecule has 1 unspecified atom stereocenters. The number of hydrogen-bond donors (Lipinski definition) is 0. The van der Waals surface area contributed by atoms with Gasteiger partial charge in [0.05, 0.1) is 4.90 Å². The van der Waals surface area contributed by atoms with Crippen molar-refractivity contribution in [2.75, 3.05) is 0 Å². The van der Waals surface area contributed by atoms with Crippen molar-refractivity contribution in [3.8, 4) is 0 Å². The number of rotatable bonds is 3. The zero-order valence-electron chi connectivity index (χ0n) is 9.41. The molecule has 0 aliphatic carbocycles. The highest BCUT2D eigenvalue weighted by molar-refractivity contribution is 7.83. The van der Waals surface area contributed by atoms with Gasteiger partial charge in [0.25, 0.3) is 0 Å². The van der Waals surface area contributed by atoms with E-state index in [-0.39, 0.29) is 0 Å². The van der Waals surface area contributed by atoms with E-state index in [4.69, 9.17) is 0 Å². The lowest BCUT2D eigenvalue weighted by atomic mass is 10.2. The molecule has 0 N–H and O–H groups in total. The van der Waals surface area contributed by atoms with Crippen LogP contribution in [0.4, 0.5) is 0 Å². The van der Waals surface area contributed by atoms with Crippen LogP contribution in [0.15, 0.2) is 58.1 Å². The Morgan fingerprint density at radius 1 is 1.12 bits per heavy atom. The summed E-state index contributed by atoms with van der Waals surface area (Å²) in [6, 6.07) is 11.1. The first-order valence-electron chi connectivity index (χ1n) is 5.18. The van der Waals surface area contributed by atoms with E-state index in [0.29, 0.717) is 4.90 Å². The van der Waals surface area contributed by atoms with Gasteiger partial charge in [-0.2, -0.15) is 4.40 Å². The monoisotopic (exact) mass is 244 g/mol. The first-order chi connectivity index (χ1) is 8.25. The SMILES string of the molecule is Cc1ccc(S(=O)/N=C/c2ccncc2)cc1. The van der Waals surface area contributed by atoms with Crippen LogP contribution in [0.2, 0.25) is 0 Å². The van der Waals surface area contributed by atoms with Crippen molar-refractivity contribution in [3.05, 3.63) is 59.9 Å². The van der Waals surface area contributed by atoms with Gasteiger partial charge in [-0.1, -0.05) is 17.7 Å². The zero-order valence-corrected chi connectivity index (χ0v) is 10.2. The molecule has 1 atom stereocenters. The van der Waals surface area contributed by atoms with Crippen LogP contribution in [-0.4, -0.2) is 15.4 Å². The number of nitrogens with zero attached hydrogens (tertiary/aromatic N) is 2. The molecule has 0 aliphatic heterocycles. The van der Waals surface area contributed by atoms with Crippen molar-refractivity contribution in [3.63, 3.8) is 0 Å². The van der Waals surface area contributed by atoms with Crippen molar-refractivity contribution in [2.45, 2.75) is 11.8 Å². The van der Waals surface area contributed by atoms with Gasteiger partial charge in [0.2, 0.25) is 0 Å². The average Bonchev–Trinajstić information content (AvgIpc) is 2.38. The quantitative estimate of drug-likeness (QED) is 0.779. The first kappa shape index (κ1) is 11.7. The molecule has 0 bridgehead atoms. The van der Waals surface area contributed by atoms with Crippen molar-refractivity contribution < 1.29 is 4.21 Å². The molecule has 2 rings (SSSR count). The molecule has 0 radical (unpaired) electrons. The number of pyridine rings is 1. The van der Waals surface area contributed by atoms with Gasteiger partial charge < -0.3 is 0 Å². The molecule has 17 heavy (non-hydrogen) atoms. The number of hydrogen-bond acceptors (Lipinski definition) is 2. The highest BCUT2D eigenvalue weighted by Gasteiger charge is 1.99. The standard InChI is InChI=1S/C13H12N2OS/c1-11-2-4-13(5-3-11)17(16)15-10-12-6-8-14-9-7-12/h2-10H,1H3/b15-10+. The minimum atomic E-state index is -1.34. The zero-order chi connectivity index (χ0) is 12.1. The molecular formula is C13H12N2OS. The first-order valence-corrected chi connectivity index (χ1v) is 6.29. The smallest absolute Gasteiger partial charge is 0.172 e. The second-order valence-corrected chi connectivity index (χ2v) is 4.76. The predicted octanol–water partition coefficient (Wildman–Crippen LogP) is 2.53. The van der Waals surface area contributed by atoms with E-state index in [1.165, 1.54) is 0 Å². The third-order valence-electron chi connectivity index (χ3n) is 2.23. The molecular weight excluding hydrogens is 232 g/mol. The fourth-order valence-electron chi connectivity index (χ4n) is 1.27. The third kappa shape index (κ3) is 3.32. The fraction of sp³-hybridized carbons (Fsp3) is 0.0769. The van der Waals surface area contributed by atoms with Crippen LogP contribution in [0.3, 0.4) is 0 Å². The van der Waals surface area contributed by atoms with Gasteiger partial charge in [-0.25, -0.2) is 4.21 Å². The lowest BCUT2D eigenvalue weighted by molar-refractivity contribution is 0.684. The maximum absolute atomic E-state index is 11.8. The van der Waals surface area contributed by atoms with E-state index < -0.39 is 11.0 Å². The van der Waals surface area contributed by atoms with Crippen molar-refractivity contribution >= 4 is 17.2 Å². The molecule has 0 amide bonds. The summed E-state index contributed by atoms with van der Waals surface area (Å²) in [7, 11) is -1.34. The summed E-state index contributed by atoms with van der Waals surface area (Å²) in [5.74, 6) is 0. The Hall–Kier alpha value is -1.81. The lowest BCUT2D eigenvalue weighted by Gasteiger charge is -1.96. The van der Waals surface area contributed by atoms with E-state index in [1.54, 1.807) is 18.6 Å². The Bertz CT molecular complexity index is 535. The Morgan fingerprint density at radius 2 is 1.76 bits per heavy atom. The molecule has 0 aliphatic rings. The van der Waals surface area contributed by atoms with Gasteiger partial charge in [0.1, 0.15) is 0 Å². The highest BCUT2D eigenvalue weighted by Crippen LogP contribution is 2.09. The summed E-state index contributed by atoms with van der Waals surface area (Å²) in [6.07, 6.45) is 4.95. The Kier molecular flexibility index (Phi) is 3.77. The molecule has 3 nitrogen and oxygen atoms in total. The van der Waals surface area contributed by atoms with E-state index >= 15 is 0 Å². The summed E-state index contributed by atoms with van der Waals surface area (Å²) in [5, 5.41) is 0. The second-order valence-electron chi connectivity index (χ2n) is 3.58. The minimum Gasteiger partial charge on any atom is -0.265 e. The van der Waals surface area contributed by atoms with Gasteiger partial charge >= 0.3 is 0 Å². The van der Waals surface area contributed by atoms with Gasteiger partial charge in [-0.05, 0) is 36.8 Å². The number of aryl methyl sites for hydroxylation is 1. The van der Waals surface area contributed by atoms with Gasteiger partial charge in [0, 0.05) is 18.6 Å². The Morgan fingerprint density at radius 3 is 2.41 bits per heavy atom. The van der Waals surface area contributed by atoms with E-state index in [2.05, 4.69) is 9.38 Å². The summed E-state index contributed by atoms with van der Waals surface area (Å²) in [4.78, 5) is 4.61. The Labute approximate surface area is 103 Å². The average molecular weight is 244 g/mol. The molecule has 1 heterocycles. The molecule has 0 fully saturated rings. The van der Waals surface area contributed by atoms with Crippen LogP contribution in [0.5, 0.6) is 0 Å². The van der Waals surface area contributed by atoms with Crippen LogP contribution < -0.4 is 0 Å². The van der Waals surface area contributed by atoms with Crippen molar-refractivity contribution in [1.82, 2.24) is 4.98 Å². The summed E-state index contributed by atoms with van der Waals surface area (Å²) >= 11 is 0. The maximum Gasteiger partial charge on any atom is 0.172 e. The molecule has 0 saturated heterocycles. The van der Waals surface area contributed by atoms with Crippen molar-refractivity contribution in [1.29, 1.82) is 0 Å². The minimum absolute atomic E-state index is 0.709. The van der Waals surface area contributed by atoms with E-state index in [1.807, 2.05) is 43.3 Å². The third-order valence-corrected chi connectivity index (χ3v) is 3.20. The topological polar surface area (TPSA) is 42.3 Å². The number of aromatic nitrogens is 1. The fourth-order valence-corrected chi connectivity index (χ4v) is 1.98. The molecule has 0 spiro atoms. The van der Waals surface area contributed by atoms with Crippen molar-refractivity contribution in [2.24, 2.45) is 4.40 Å². The van der Waals surface area contributed by atoms with Crippen LogP contribution in [0.1, 0.15) is 11.1 Å². The van der Waals surface area contributed by atoms with E-state index in [9.17, 15) is 4.21 Å². The van der Waals surface area contributed by atoms with Crippen LogP contribution in [0.25, 0.3) is 0 Å². The van der Waals surface area contributed by atoms with Gasteiger partial charge in [-0.3, -0.25) is 4.98 Å². The highest BCUT2D eigenvalue weighted by atomic mass is 32.2. The molecule has 86 valence electrons. The largest absolute Gasteiger partial charge is 0.265 e. The van der Waals surface area contributed by atoms with E-state index in [0.717, 1.165) is 11.1 Å². The van der Waals surface area contributed by atoms with Crippen LogP contribution in [0, 0.1) is 6.92 Å².